The van der Waals surface area contributed by atoms with Crippen LogP contribution in [0.2, 0.25) is 0 Å². The molecular formula is C13H16N2S2. The number of aryl methyl sites for hydroxylation is 1. The molecule has 0 radical (unpaired) electrons. The molecule has 0 amide bonds. The molecule has 0 bridgehead atoms. The summed E-state index contributed by atoms with van der Waals surface area (Å²) in [7, 11) is 2.04. The molecule has 0 saturated carbocycles. The molecule has 1 unspecified atom stereocenters. The minimum atomic E-state index is 0.479. The molecule has 3 rings (SSSR count). The Balaban J connectivity index is 1.85. The van der Waals surface area contributed by atoms with E-state index >= 15 is 0 Å². The van der Waals surface area contributed by atoms with Crippen molar-refractivity contribution < 1.29 is 0 Å². The van der Waals surface area contributed by atoms with E-state index in [-0.39, 0.29) is 0 Å². The third kappa shape index (κ3) is 2.30. The van der Waals surface area contributed by atoms with Gasteiger partial charge < -0.3 is 5.32 Å². The number of aromatic nitrogens is 1. The van der Waals surface area contributed by atoms with Crippen molar-refractivity contribution in [2.45, 2.75) is 31.7 Å². The lowest BCUT2D eigenvalue weighted by molar-refractivity contribution is 0.489. The lowest BCUT2D eigenvalue weighted by Crippen LogP contribution is -2.21. The number of thiophene rings is 1. The van der Waals surface area contributed by atoms with Gasteiger partial charge in [0.05, 0.1) is 16.7 Å². The standard InChI is InChI=1S/C13H16N2S2/c1-14-10-5-2-6-11-13(10)15-12(17-11)8-9-4-3-7-16-9/h3-4,7,10,14H,2,5-6,8H2,1H3. The summed E-state index contributed by atoms with van der Waals surface area (Å²) in [5, 5.41) is 6.79. The molecule has 1 N–H and O–H groups in total. The first kappa shape index (κ1) is 11.4. The average molecular weight is 264 g/mol. The van der Waals surface area contributed by atoms with E-state index in [0.717, 1.165) is 6.42 Å². The van der Waals surface area contributed by atoms with E-state index in [1.54, 1.807) is 0 Å². The van der Waals surface area contributed by atoms with Crippen LogP contribution in [-0.4, -0.2) is 12.0 Å². The molecule has 4 heteroatoms. The second-order valence-corrected chi connectivity index (χ2v) is 6.61. The number of thiazole rings is 1. The zero-order chi connectivity index (χ0) is 11.7. The highest BCUT2D eigenvalue weighted by Gasteiger charge is 2.23. The average Bonchev–Trinajstić information content (AvgIpc) is 2.97. The Morgan fingerprint density at radius 2 is 2.47 bits per heavy atom. The van der Waals surface area contributed by atoms with Gasteiger partial charge in [0.25, 0.3) is 0 Å². The van der Waals surface area contributed by atoms with Crippen LogP contribution < -0.4 is 5.32 Å². The fourth-order valence-electron chi connectivity index (χ4n) is 2.39. The van der Waals surface area contributed by atoms with Gasteiger partial charge in [0.15, 0.2) is 0 Å². The van der Waals surface area contributed by atoms with E-state index in [2.05, 4.69) is 22.8 Å². The van der Waals surface area contributed by atoms with Crippen molar-refractivity contribution in [1.82, 2.24) is 10.3 Å². The van der Waals surface area contributed by atoms with Gasteiger partial charge in [0.2, 0.25) is 0 Å². The molecule has 0 aromatic carbocycles. The maximum absolute atomic E-state index is 4.84. The van der Waals surface area contributed by atoms with Crippen molar-refractivity contribution in [3.63, 3.8) is 0 Å². The zero-order valence-corrected chi connectivity index (χ0v) is 11.5. The minimum Gasteiger partial charge on any atom is -0.312 e. The quantitative estimate of drug-likeness (QED) is 0.919. The van der Waals surface area contributed by atoms with Crippen molar-refractivity contribution >= 4 is 22.7 Å². The molecule has 90 valence electrons. The van der Waals surface area contributed by atoms with Crippen molar-refractivity contribution in [2.75, 3.05) is 7.05 Å². The molecule has 2 heterocycles. The summed E-state index contributed by atoms with van der Waals surface area (Å²) in [5.74, 6) is 0. The van der Waals surface area contributed by atoms with E-state index in [1.165, 1.54) is 39.7 Å². The first-order valence-corrected chi connectivity index (χ1v) is 7.74. The first-order chi connectivity index (χ1) is 8.36. The smallest absolute Gasteiger partial charge is 0.0983 e. The zero-order valence-electron chi connectivity index (χ0n) is 9.90. The van der Waals surface area contributed by atoms with Gasteiger partial charge >= 0.3 is 0 Å². The normalized spacial score (nSPS) is 19.2. The van der Waals surface area contributed by atoms with Gasteiger partial charge in [-0.2, -0.15) is 0 Å². The third-order valence-electron chi connectivity index (χ3n) is 3.25. The summed E-state index contributed by atoms with van der Waals surface area (Å²) in [5.41, 5.74) is 1.32. The Kier molecular flexibility index (Phi) is 3.27. The molecule has 0 fully saturated rings. The van der Waals surface area contributed by atoms with Gasteiger partial charge in [-0.1, -0.05) is 6.07 Å². The second-order valence-electron chi connectivity index (χ2n) is 4.41. The Hall–Kier alpha value is -0.710. The van der Waals surface area contributed by atoms with Crippen LogP contribution in [0.1, 0.15) is 39.3 Å². The Morgan fingerprint density at radius 1 is 1.53 bits per heavy atom. The lowest BCUT2D eigenvalue weighted by Gasteiger charge is -2.19. The number of hydrogen-bond acceptors (Lipinski definition) is 4. The molecule has 17 heavy (non-hydrogen) atoms. The number of hydrogen-bond donors (Lipinski definition) is 1. The summed E-state index contributed by atoms with van der Waals surface area (Å²) >= 11 is 3.73. The van der Waals surface area contributed by atoms with E-state index in [1.807, 2.05) is 29.7 Å². The Bertz CT molecular complexity index is 487. The van der Waals surface area contributed by atoms with Crippen LogP contribution in [0.4, 0.5) is 0 Å². The van der Waals surface area contributed by atoms with Crippen molar-refractivity contribution in [3.8, 4) is 0 Å². The fraction of sp³-hybridized carbons (Fsp3) is 0.462. The van der Waals surface area contributed by atoms with Gasteiger partial charge in [-0.25, -0.2) is 4.98 Å². The van der Waals surface area contributed by atoms with E-state index in [0.29, 0.717) is 6.04 Å². The minimum absolute atomic E-state index is 0.479. The molecule has 1 aliphatic carbocycles. The summed E-state index contributed by atoms with van der Waals surface area (Å²) in [6.07, 6.45) is 4.74. The molecule has 2 aromatic rings. The Labute approximate surface area is 110 Å². The van der Waals surface area contributed by atoms with Crippen LogP contribution in [0.5, 0.6) is 0 Å². The van der Waals surface area contributed by atoms with Crippen LogP contribution >= 0.6 is 22.7 Å². The predicted molar refractivity (Wildman–Crippen MR) is 74.0 cm³/mol. The van der Waals surface area contributed by atoms with E-state index in [9.17, 15) is 0 Å². The highest BCUT2D eigenvalue weighted by Crippen LogP contribution is 2.34. The van der Waals surface area contributed by atoms with Gasteiger partial charge in [-0.3, -0.25) is 0 Å². The molecule has 2 aromatic heterocycles. The summed E-state index contributed by atoms with van der Waals surface area (Å²) < 4.78 is 0. The van der Waals surface area contributed by atoms with Crippen molar-refractivity contribution in [3.05, 3.63) is 38.0 Å². The highest BCUT2D eigenvalue weighted by molar-refractivity contribution is 7.12. The topological polar surface area (TPSA) is 24.9 Å². The van der Waals surface area contributed by atoms with Crippen LogP contribution in [0.3, 0.4) is 0 Å². The number of nitrogens with zero attached hydrogens (tertiary/aromatic N) is 1. The molecule has 2 nitrogen and oxygen atoms in total. The maximum atomic E-state index is 4.84. The van der Waals surface area contributed by atoms with E-state index < -0.39 is 0 Å². The first-order valence-electron chi connectivity index (χ1n) is 6.05. The van der Waals surface area contributed by atoms with E-state index in [4.69, 9.17) is 4.98 Å². The summed E-state index contributed by atoms with van der Waals surface area (Å²) in [6, 6.07) is 4.79. The Morgan fingerprint density at radius 3 is 3.24 bits per heavy atom. The predicted octanol–water partition coefficient (Wildman–Crippen LogP) is 3.39. The van der Waals surface area contributed by atoms with Gasteiger partial charge in [0.1, 0.15) is 0 Å². The molecule has 1 aliphatic rings. The van der Waals surface area contributed by atoms with Gasteiger partial charge in [-0.15, -0.1) is 22.7 Å². The second kappa shape index (κ2) is 4.88. The van der Waals surface area contributed by atoms with Crippen molar-refractivity contribution in [2.24, 2.45) is 0 Å². The number of fused-ring (bicyclic) bond motifs is 1. The van der Waals surface area contributed by atoms with Gasteiger partial charge in [-0.05, 0) is 37.8 Å². The number of nitrogens with one attached hydrogen (secondary N) is 1. The maximum Gasteiger partial charge on any atom is 0.0983 e. The summed E-state index contributed by atoms with van der Waals surface area (Å²) in [4.78, 5) is 7.76. The highest BCUT2D eigenvalue weighted by atomic mass is 32.1. The molecule has 0 aliphatic heterocycles. The summed E-state index contributed by atoms with van der Waals surface area (Å²) in [6.45, 7) is 0. The fourth-order valence-corrected chi connectivity index (χ4v) is 4.38. The molecule has 1 atom stereocenters. The van der Waals surface area contributed by atoms with Crippen molar-refractivity contribution in [1.29, 1.82) is 0 Å². The molecule has 0 saturated heterocycles. The van der Waals surface area contributed by atoms with Crippen LogP contribution in [-0.2, 0) is 12.8 Å². The van der Waals surface area contributed by atoms with Gasteiger partial charge in [0, 0.05) is 16.2 Å². The molecular weight excluding hydrogens is 248 g/mol. The van der Waals surface area contributed by atoms with Crippen LogP contribution in [0.15, 0.2) is 17.5 Å². The largest absolute Gasteiger partial charge is 0.312 e. The van der Waals surface area contributed by atoms with Crippen LogP contribution in [0, 0.1) is 0 Å². The SMILES string of the molecule is CNC1CCCc2sc(Cc3cccs3)nc21. The monoisotopic (exact) mass is 264 g/mol. The van der Waals surface area contributed by atoms with Crippen LogP contribution in [0.25, 0.3) is 0 Å². The molecule has 0 spiro atoms. The lowest BCUT2D eigenvalue weighted by atomic mass is 9.98. The number of rotatable bonds is 3. The third-order valence-corrected chi connectivity index (χ3v) is 5.26.